The van der Waals surface area contributed by atoms with E-state index in [4.69, 9.17) is 16.3 Å². The van der Waals surface area contributed by atoms with E-state index < -0.39 is 27.9 Å². The van der Waals surface area contributed by atoms with Gasteiger partial charge in [0.2, 0.25) is 0 Å². The molecule has 0 spiro atoms. The van der Waals surface area contributed by atoms with Crippen LogP contribution < -0.4 is 15.0 Å². The van der Waals surface area contributed by atoms with Gasteiger partial charge in [0.1, 0.15) is 11.6 Å². The fourth-order valence-corrected chi connectivity index (χ4v) is 2.64. The smallest absolute Gasteiger partial charge is 0.275 e. The lowest BCUT2D eigenvalue weighted by Gasteiger charge is -2.15. The van der Waals surface area contributed by atoms with Crippen LogP contribution in [0.3, 0.4) is 0 Å². The van der Waals surface area contributed by atoms with Gasteiger partial charge in [-0.3, -0.25) is 10.2 Å². The summed E-state index contributed by atoms with van der Waals surface area (Å²) in [6.45, 7) is 1.43. The van der Waals surface area contributed by atoms with Crippen LogP contribution in [0.5, 0.6) is 5.75 Å². The minimum atomic E-state index is -3.93. The SMILES string of the molecule is C[C@H](Oc1ccc(F)cc1)C(=O)NNS(=O)(=O)c1ccc(Cl)cc1. The van der Waals surface area contributed by atoms with E-state index >= 15 is 0 Å². The largest absolute Gasteiger partial charge is 0.481 e. The van der Waals surface area contributed by atoms with Gasteiger partial charge in [-0.05, 0) is 55.5 Å². The van der Waals surface area contributed by atoms with E-state index in [0.29, 0.717) is 5.02 Å². The lowest BCUT2D eigenvalue weighted by atomic mass is 10.3. The minimum absolute atomic E-state index is 0.0562. The number of amides is 1. The van der Waals surface area contributed by atoms with Gasteiger partial charge in [0.15, 0.2) is 6.10 Å². The number of benzene rings is 2. The lowest BCUT2D eigenvalue weighted by Crippen LogP contribution is -2.47. The van der Waals surface area contributed by atoms with E-state index in [0.717, 1.165) is 0 Å². The number of halogens is 2. The Bertz CT molecular complexity index is 810. The molecule has 6 nitrogen and oxygen atoms in total. The molecule has 1 amide bonds. The number of carbonyl (C=O) groups is 1. The lowest BCUT2D eigenvalue weighted by molar-refractivity contribution is -0.127. The summed E-state index contributed by atoms with van der Waals surface area (Å²) in [4.78, 5) is 13.8. The fraction of sp³-hybridized carbons (Fsp3) is 0.133. The van der Waals surface area contributed by atoms with Crippen LogP contribution in [0.4, 0.5) is 4.39 Å². The van der Waals surface area contributed by atoms with Gasteiger partial charge in [0.25, 0.3) is 15.9 Å². The van der Waals surface area contributed by atoms with E-state index in [1.807, 2.05) is 4.83 Å². The maximum Gasteiger partial charge on any atom is 0.275 e. The van der Waals surface area contributed by atoms with Gasteiger partial charge in [0.05, 0.1) is 4.90 Å². The van der Waals surface area contributed by atoms with Crippen molar-refractivity contribution < 1.29 is 22.3 Å². The molecule has 0 aromatic heterocycles. The van der Waals surface area contributed by atoms with Gasteiger partial charge in [-0.15, -0.1) is 4.83 Å². The summed E-state index contributed by atoms with van der Waals surface area (Å²) in [5.41, 5.74) is 2.06. The van der Waals surface area contributed by atoms with Crippen LogP contribution in [-0.4, -0.2) is 20.4 Å². The molecule has 0 aliphatic carbocycles. The average Bonchev–Trinajstić information content (AvgIpc) is 2.55. The first-order valence-corrected chi connectivity index (χ1v) is 8.63. The molecule has 128 valence electrons. The van der Waals surface area contributed by atoms with Crippen LogP contribution in [0.1, 0.15) is 6.92 Å². The number of ether oxygens (including phenoxy) is 1. The van der Waals surface area contributed by atoms with E-state index in [1.165, 1.54) is 55.5 Å². The summed E-state index contributed by atoms with van der Waals surface area (Å²) in [6, 6.07) is 10.5. The predicted octanol–water partition coefficient (Wildman–Crippen LogP) is 2.26. The fourth-order valence-electron chi connectivity index (χ4n) is 1.66. The topological polar surface area (TPSA) is 84.5 Å². The number of hydrazine groups is 1. The van der Waals surface area contributed by atoms with E-state index in [2.05, 4.69) is 5.43 Å². The van der Waals surface area contributed by atoms with Crippen LogP contribution in [0.2, 0.25) is 5.02 Å². The van der Waals surface area contributed by atoms with Crippen LogP contribution in [0, 0.1) is 5.82 Å². The number of carbonyl (C=O) groups excluding carboxylic acids is 1. The molecule has 1 atom stereocenters. The zero-order valence-corrected chi connectivity index (χ0v) is 14.1. The van der Waals surface area contributed by atoms with Gasteiger partial charge in [0, 0.05) is 5.02 Å². The number of rotatable bonds is 6. The highest BCUT2D eigenvalue weighted by atomic mass is 35.5. The molecule has 0 saturated heterocycles. The van der Waals surface area contributed by atoms with Gasteiger partial charge < -0.3 is 4.74 Å². The maximum absolute atomic E-state index is 12.8. The van der Waals surface area contributed by atoms with Gasteiger partial charge in [-0.25, -0.2) is 12.8 Å². The van der Waals surface area contributed by atoms with Crippen LogP contribution in [0.15, 0.2) is 53.4 Å². The Balaban J connectivity index is 1.94. The molecule has 0 unspecified atom stereocenters. The van der Waals surface area contributed by atoms with Crippen LogP contribution in [0.25, 0.3) is 0 Å². The summed E-state index contributed by atoms with van der Waals surface area (Å²) in [6.07, 6.45) is -0.997. The second-order valence-corrected chi connectivity index (χ2v) is 6.88. The summed E-state index contributed by atoms with van der Waals surface area (Å²) in [5.74, 6) is -0.869. The standard InChI is InChI=1S/C15H14ClFN2O4S/c1-10(23-13-6-4-12(17)5-7-13)15(20)18-19-24(21,22)14-8-2-11(16)3-9-14/h2-10,19H,1H3,(H,18,20)/t10-/m0/s1. The third-order valence-electron chi connectivity index (χ3n) is 2.93. The summed E-state index contributed by atoms with van der Waals surface area (Å²) >= 11 is 5.69. The van der Waals surface area contributed by atoms with Crippen molar-refractivity contribution in [3.05, 3.63) is 59.4 Å². The van der Waals surface area contributed by atoms with E-state index in [9.17, 15) is 17.6 Å². The normalized spacial score (nSPS) is 12.5. The van der Waals surface area contributed by atoms with E-state index in [-0.39, 0.29) is 10.6 Å². The summed E-state index contributed by atoms with van der Waals surface area (Å²) < 4.78 is 42.1. The first kappa shape index (κ1) is 18.2. The molecule has 0 fully saturated rings. The second kappa shape index (κ2) is 7.61. The monoisotopic (exact) mass is 372 g/mol. The summed E-state index contributed by atoms with van der Waals surface area (Å²) in [5, 5.41) is 0.388. The third-order valence-corrected chi connectivity index (χ3v) is 4.44. The quantitative estimate of drug-likeness (QED) is 0.762. The molecule has 0 heterocycles. The van der Waals surface area contributed by atoms with Crippen molar-refractivity contribution in [3.8, 4) is 5.75 Å². The van der Waals surface area contributed by atoms with Gasteiger partial charge in [-0.2, -0.15) is 0 Å². The van der Waals surface area contributed by atoms with Crippen molar-refractivity contribution in [2.75, 3.05) is 0 Å². The Labute approximate surface area is 143 Å². The van der Waals surface area contributed by atoms with E-state index in [1.54, 1.807) is 0 Å². The number of hydrogen-bond acceptors (Lipinski definition) is 4. The van der Waals surface area contributed by atoms with Crippen molar-refractivity contribution >= 4 is 27.5 Å². The second-order valence-electron chi connectivity index (χ2n) is 4.76. The highest BCUT2D eigenvalue weighted by molar-refractivity contribution is 7.89. The molecule has 0 aliphatic rings. The Kier molecular flexibility index (Phi) is 5.76. The number of sulfonamides is 1. The minimum Gasteiger partial charge on any atom is -0.481 e. The Morgan fingerprint density at radius 1 is 1.12 bits per heavy atom. The molecule has 0 aliphatic heterocycles. The third kappa shape index (κ3) is 4.92. The first-order chi connectivity index (χ1) is 11.3. The first-order valence-electron chi connectivity index (χ1n) is 6.77. The van der Waals surface area contributed by atoms with Gasteiger partial charge in [-0.1, -0.05) is 11.6 Å². The average molecular weight is 373 g/mol. The molecule has 2 rings (SSSR count). The molecular formula is C15H14ClFN2O4S. The van der Waals surface area contributed by atoms with Crippen molar-refractivity contribution in [2.24, 2.45) is 0 Å². The van der Waals surface area contributed by atoms with Crippen LogP contribution in [-0.2, 0) is 14.8 Å². The van der Waals surface area contributed by atoms with Crippen molar-refractivity contribution in [1.82, 2.24) is 10.3 Å². The molecule has 2 aromatic carbocycles. The molecule has 24 heavy (non-hydrogen) atoms. The number of hydrogen-bond donors (Lipinski definition) is 2. The molecule has 0 saturated carbocycles. The van der Waals surface area contributed by atoms with Gasteiger partial charge >= 0.3 is 0 Å². The summed E-state index contributed by atoms with van der Waals surface area (Å²) in [7, 11) is -3.93. The molecular weight excluding hydrogens is 359 g/mol. The van der Waals surface area contributed by atoms with Crippen molar-refractivity contribution in [2.45, 2.75) is 17.9 Å². The maximum atomic E-state index is 12.8. The highest BCUT2D eigenvalue weighted by Crippen LogP contribution is 2.14. The van der Waals surface area contributed by atoms with Crippen LogP contribution >= 0.6 is 11.6 Å². The molecule has 2 N–H and O–H groups in total. The zero-order valence-electron chi connectivity index (χ0n) is 12.5. The number of nitrogens with one attached hydrogen (secondary N) is 2. The van der Waals surface area contributed by atoms with Crippen molar-refractivity contribution in [1.29, 1.82) is 0 Å². The zero-order chi connectivity index (χ0) is 17.7. The molecule has 0 radical (unpaired) electrons. The Hall–Kier alpha value is -2.16. The predicted molar refractivity (Wildman–Crippen MR) is 86.4 cm³/mol. The highest BCUT2D eigenvalue weighted by Gasteiger charge is 2.19. The Morgan fingerprint density at radius 3 is 2.29 bits per heavy atom. The van der Waals surface area contributed by atoms with Crippen molar-refractivity contribution in [3.63, 3.8) is 0 Å². The molecule has 0 bridgehead atoms. The molecule has 2 aromatic rings. The Morgan fingerprint density at radius 2 is 1.71 bits per heavy atom. The molecule has 9 heteroatoms.